The second kappa shape index (κ2) is 9.31. The van der Waals surface area contributed by atoms with Gasteiger partial charge in [0.2, 0.25) is 0 Å². The molecule has 0 aliphatic carbocycles. The van der Waals surface area contributed by atoms with E-state index in [1.54, 1.807) is 54.6 Å². The summed E-state index contributed by atoms with van der Waals surface area (Å²) >= 11 is 0. The second-order valence-corrected chi connectivity index (χ2v) is 9.98. The van der Waals surface area contributed by atoms with Gasteiger partial charge in [-0.05, 0) is 35.7 Å². The lowest BCUT2D eigenvalue weighted by molar-refractivity contribution is 0.481. The summed E-state index contributed by atoms with van der Waals surface area (Å²) in [7, 11) is -9.39. The van der Waals surface area contributed by atoms with Gasteiger partial charge in [-0.25, -0.2) is 0 Å². The average Bonchev–Trinajstić information content (AvgIpc) is 2.81. The van der Waals surface area contributed by atoms with Crippen molar-refractivity contribution >= 4 is 59.4 Å². The number of rotatable bonds is 6. The van der Waals surface area contributed by atoms with E-state index in [0.29, 0.717) is 11.1 Å². The van der Waals surface area contributed by atoms with Gasteiger partial charge in [0.05, 0.1) is 16.3 Å². The van der Waals surface area contributed by atoms with Crippen molar-refractivity contribution in [3.63, 3.8) is 0 Å². The SMILES string of the molecule is Nc1c(N=Nc2ccccc2)cc(S(=O)(=O)O)cc1N=Nc1ccc2ccccc2c1S(=O)(=O)O. The molecule has 0 heterocycles. The summed E-state index contributed by atoms with van der Waals surface area (Å²) in [5.41, 5.74) is 5.86. The van der Waals surface area contributed by atoms with Crippen LogP contribution >= 0.6 is 0 Å². The Balaban J connectivity index is 1.86. The Morgan fingerprint density at radius 1 is 0.629 bits per heavy atom. The second-order valence-electron chi connectivity index (χ2n) is 7.20. The molecule has 0 unspecified atom stereocenters. The van der Waals surface area contributed by atoms with Gasteiger partial charge < -0.3 is 5.73 Å². The molecule has 0 atom stereocenters. The van der Waals surface area contributed by atoms with Crippen molar-refractivity contribution in [3.8, 4) is 0 Å². The summed E-state index contributed by atoms with van der Waals surface area (Å²) in [5, 5.41) is 16.5. The summed E-state index contributed by atoms with van der Waals surface area (Å²) in [6.45, 7) is 0. The first-order valence-electron chi connectivity index (χ1n) is 9.83. The molecule has 13 heteroatoms. The molecule has 0 spiro atoms. The standard InChI is InChI=1S/C22H17N5O6S2/c23-21-19(26-24-15-7-2-1-3-8-15)12-16(34(28,29)30)13-20(21)27-25-18-11-10-14-6-4-5-9-17(14)22(18)35(31,32)33/h1-13H,23H2,(H,28,29,30)(H,31,32,33). The lowest BCUT2D eigenvalue weighted by Gasteiger charge is -2.08. The predicted molar refractivity (Wildman–Crippen MR) is 129 cm³/mol. The maximum atomic E-state index is 12.1. The van der Waals surface area contributed by atoms with Crippen LogP contribution in [0.4, 0.5) is 28.4 Å². The van der Waals surface area contributed by atoms with Crippen LogP contribution < -0.4 is 5.73 Å². The third-order valence-electron chi connectivity index (χ3n) is 4.82. The molecule has 0 aliphatic heterocycles. The number of nitrogen functional groups attached to an aromatic ring is 1. The van der Waals surface area contributed by atoms with E-state index >= 15 is 0 Å². The minimum absolute atomic E-state index is 0.119. The number of azo groups is 2. The van der Waals surface area contributed by atoms with Gasteiger partial charge in [0.1, 0.15) is 22.0 Å². The summed E-state index contributed by atoms with van der Waals surface area (Å²) in [6, 6.07) is 19.8. The summed E-state index contributed by atoms with van der Waals surface area (Å²) in [4.78, 5) is -1.05. The quantitative estimate of drug-likeness (QED) is 0.167. The van der Waals surface area contributed by atoms with Crippen molar-refractivity contribution in [2.45, 2.75) is 9.79 Å². The zero-order valence-corrected chi connectivity index (χ0v) is 19.3. The van der Waals surface area contributed by atoms with Gasteiger partial charge in [-0.1, -0.05) is 48.5 Å². The Morgan fingerprint density at radius 3 is 1.83 bits per heavy atom. The van der Waals surface area contributed by atoms with E-state index < -0.39 is 30.0 Å². The minimum atomic E-state index is -4.71. The molecular formula is C22H17N5O6S2. The minimum Gasteiger partial charge on any atom is -0.395 e. The zero-order chi connectivity index (χ0) is 25.2. The highest BCUT2D eigenvalue weighted by molar-refractivity contribution is 7.86. The summed E-state index contributed by atoms with van der Waals surface area (Å²) < 4.78 is 67.1. The number of fused-ring (bicyclic) bond motifs is 1. The van der Waals surface area contributed by atoms with E-state index in [9.17, 15) is 25.9 Å². The molecule has 0 amide bonds. The van der Waals surface area contributed by atoms with Gasteiger partial charge in [0, 0.05) is 5.39 Å². The van der Waals surface area contributed by atoms with Gasteiger partial charge >= 0.3 is 0 Å². The molecule has 35 heavy (non-hydrogen) atoms. The predicted octanol–water partition coefficient (Wildman–Crippen LogP) is 5.75. The first-order chi connectivity index (χ1) is 16.5. The maximum absolute atomic E-state index is 12.1. The third-order valence-corrected chi connectivity index (χ3v) is 6.60. The van der Waals surface area contributed by atoms with Crippen LogP contribution in [-0.2, 0) is 20.2 Å². The fourth-order valence-corrected chi connectivity index (χ4v) is 4.57. The van der Waals surface area contributed by atoms with Crippen molar-refractivity contribution in [3.05, 3.63) is 78.9 Å². The molecule has 178 valence electrons. The highest BCUT2D eigenvalue weighted by atomic mass is 32.2. The molecule has 4 rings (SSSR count). The normalized spacial score (nSPS) is 12.6. The number of hydrogen-bond acceptors (Lipinski definition) is 9. The van der Waals surface area contributed by atoms with Crippen LogP contribution in [0.3, 0.4) is 0 Å². The van der Waals surface area contributed by atoms with E-state index in [0.717, 1.165) is 12.1 Å². The average molecular weight is 512 g/mol. The van der Waals surface area contributed by atoms with Gasteiger partial charge in [-0.15, -0.1) is 15.3 Å². The van der Waals surface area contributed by atoms with Crippen LogP contribution in [0.25, 0.3) is 10.8 Å². The molecule has 0 fully saturated rings. The largest absolute Gasteiger partial charge is 0.395 e. The number of anilines is 1. The molecular weight excluding hydrogens is 494 g/mol. The van der Waals surface area contributed by atoms with Gasteiger partial charge in [-0.2, -0.15) is 21.9 Å². The Labute approximate surface area is 200 Å². The summed E-state index contributed by atoms with van der Waals surface area (Å²) in [5.74, 6) is 0. The smallest absolute Gasteiger partial charge is 0.297 e. The van der Waals surface area contributed by atoms with Crippen LogP contribution in [-0.4, -0.2) is 25.9 Å². The van der Waals surface area contributed by atoms with Gasteiger partial charge in [0.15, 0.2) is 0 Å². The van der Waals surface area contributed by atoms with Gasteiger partial charge in [-0.3, -0.25) is 9.11 Å². The Morgan fingerprint density at radius 2 is 1.20 bits per heavy atom. The van der Waals surface area contributed by atoms with E-state index in [-0.39, 0.29) is 28.1 Å². The molecule has 4 N–H and O–H groups in total. The lowest BCUT2D eigenvalue weighted by Crippen LogP contribution is -2.00. The molecule has 0 saturated carbocycles. The lowest BCUT2D eigenvalue weighted by atomic mass is 10.1. The van der Waals surface area contributed by atoms with Crippen molar-refractivity contribution < 1.29 is 25.9 Å². The van der Waals surface area contributed by atoms with Crippen LogP contribution in [0, 0.1) is 0 Å². The molecule has 0 aliphatic rings. The van der Waals surface area contributed by atoms with E-state index in [1.807, 2.05) is 0 Å². The number of nitrogens with zero attached hydrogens (tertiary/aromatic N) is 4. The van der Waals surface area contributed by atoms with E-state index in [1.165, 1.54) is 12.1 Å². The van der Waals surface area contributed by atoms with E-state index in [4.69, 9.17) is 5.73 Å². The van der Waals surface area contributed by atoms with Crippen LogP contribution in [0.2, 0.25) is 0 Å². The number of benzene rings is 4. The first kappa shape index (κ1) is 24.1. The molecule has 0 saturated heterocycles. The molecule has 4 aromatic carbocycles. The monoisotopic (exact) mass is 511 g/mol. The van der Waals surface area contributed by atoms with E-state index in [2.05, 4.69) is 20.5 Å². The zero-order valence-electron chi connectivity index (χ0n) is 17.7. The van der Waals surface area contributed by atoms with Crippen molar-refractivity contribution in [2.24, 2.45) is 20.5 Å². The highest BCUT2D eigenvalue weighted by Crippen LogP contribution is 2.39. The number of nitrogens with two attached hydrogens (primary N) is 1. The molecule has 11 nitrogen and oxygen atoms in total. The Hall–Kier alpha value is -4.04. The fourth-order valence-electron chi connectivity index (χ4n) is 3.21. The highest BCUT2D eigenvalue weighted by Gasteiger charge is 2.20. The summed E-state index contributed by atoms with van der Waals surface area (Å²) in [6.07, 6.45) is 0. The first-order valence-corrected chi connectivity index (χ1v) is 12.7. The molecule has 0 radical (unpaired) electrons. The van der Waals surface area contributed by atoms with Crippen LogP contribution in [0.5, 0.6) is 0 Å². The van der Waals surface area contributed by atoms with Crippen LogP contribution in [0.15, 0.2) is 109 Å². The maximum Gasteiger partial charge on any atom is 0.297 e. The molecule has 0 bridgehead atoms. The number of hydrogen-bond donors (Lipinski definition) is 3. The Kier molecular flexibility index (Phi) is 6.41. The van der Waals surface area contributed by atoms with Crippen molar-refractivity contribution in [1.29, 1.82) is 0 Å². The third kappa shape index (κ3) is 5.38. The van der Waals surface area contributed by atoms with Gasteiger partial charge in [0.25, 0.3) is 20.2 Å². The Bertz CT molecular complexity index is 1700. The van der Waals surface area contributed by atoms with Crippen molar-refractivity contribution in [1.82, 2.24) is 0 Å². The molecule has 0 aromatic heterocycles. The molecule has 4 aromatic rings. The topological polar surface area (TPSA) is 184 Å². The van der Waals surface area contributed by atoms with Crippen molar-refractivity contribution in [2.75, 3.05) is 5.73 Å². The fraction of sp³-hybridized carbons (Fsp3) is 0. The van der Waals surface area contributed by atoms with Crippen LogP contribution in [0.1, 0.15) is 0 Å².